The number of methoxy groups -OCH3 is 1. The van der Waals surface area contributed by atoms with Crippen LogP contribution in [0, 0.1) is 0 Å². The Balaban J connectivity index is 2.05. The van der Waals surface area contributed by atoms with Crippen molar-refractivity contribution in [2.75, 3.05) is 20.3 Å². The zero-order chi connectivity index (χ0) is 17.6. The normalized spacial score (nSPS) is 11.8. The number of amides is 1. The van der Waals surface area contributed by atoms with Gasteiger partial charge in [-0.2, -0.15) is 4.99 Å². The Morgan fingerprint density at radius 1 is 1.16 bits per heavy atom. The van der Waals surface area contributed by atoms with E-state index in [0.29, 0.717) is 35.9 Å². The van der Waals surface area contributed by atoms with Gasteiger partial charge in [-0.3, -0.25) is 4.79 Å². The number of carbonyl (C=O) groups excluding carboxylic acids is 1. The number of ether oxygens (including phenoxy) is 2. The van der Waals surface area contributed by atoms with Gasteiger partial charge >= 0.3 is 0 Å². The van der Waals surface area contributed by atoms with Crippen LogP contribution in [0.3, 0.4) is 0 Å². The summed E-state index contributed by atoms with van der Waals surface area (Å²) in [6.45, 7) is 3.85. The maximum Gasteiger partial charge on any atom is 0.283 e. The minimum Gasteiger partial charge on any atom is -0.496 e. The SMILES string of the molecule is CCOCCn1c(=NC(=O)c2ccccc2OC)sc2ccccc21. The number of carbonyl (C=O) groups is 1. The number of fused-ring (bicyclic) bond motifs is 1. The first-order valence-corrected chi connectivity index (χ1v) is 8.94. The van der Waals surface area contributed by atoms with E-state index in [-0.39, 0.29) is 5.91 Å². The summed E-state index contributed by atoms with van der Waals surface area (Å²) < 4.78 is 13.9. The highest BCUT2D eigenvalue weighted by atomic mass is 32.1. The number of rotatable bonds is 6. The molecule has 1 heterocycles. The largest absolute Gasteiger partial charge is 0.496 e. The molecular formula is C19H20N2O3S. The molecule has 130 valence electrons. The molecule has 1 amide bonds. The van der Waals surface area contributed by atoms with Crippen LogP contribution in [-0.2, 0) is 11.3 Å². The third-order valence-electron chi connectivity index (χ3n) is 3.79. The van der Waals surface area contributed by atoms with Gasteiger partial charge in [-0.25, -0.2) is 0 Å². The van der Waals surface area contributed by atoms with Crippen LogP contribution in [0.2, 0.25) is 0 Å². The molecule has 25 heavy (non-hydrogen) atoms. The number of thiazole rings is 1. The molecule has 0 saturated carbocycles. The second-order valence-electron chi connectivity index (χ2n) is 5.32. The molecule has 0 aliphatic carbocycles. The van der Waals surface area contributed by atoms with Crippen molar-refractivity contribution in [3.63, 3.8) is 0 Å². The van der Waals surface area contributed by atoms with Gasteiger partial charge in [0.1, 0.15) is 5.75 Å². The van der Waals surface area contributed by atoms with E-state index in [1.807, 2.05) is 41.8 Å². The van der Waals surface area contributed by atoms with Crippen molar-refractivity contribution in [2.45, 2.75) is 13.5 Å². The lowest BCUT2D eigenvalue weighted by Gasteiger charge is -2.06. The zero-order valence-electron chi connectivity index (χ0n) is 14.3. The first-order chi connectivity index (χ1) is 12.2. The Hall–Kier alpha value is -2.44. The van der Waals surface area contributed by atoms with Crippen molar-refractivity contribution in [3.8, 4) is 5.75 Å². The number of aromatic nitrogens is 1. The Kier molecular flexibility index (Phi) is 5.63. The third kappa shape index (κ3) is 3.81. The van der Waals surface area contributed by atoms with Gasteiger partial charge in [-0.1, -0.05) is 35.6 Å². The Morgan fingerprint density at radius 2 is 1.92 bits per heavy atom. The maximum atomic E-state index is 12.7. The van der Waals surface area contributed by atoms with E-state index >= 15 is 0 Å². The first kappa shape index (κ1) is 17.4. The summed E-state index contributed by atoms with van der Waals surface area (Å²) in [7, 11) is 1.55. The average Bonchev–Trinajstić information content (AvgIpc) is 2.99. The highest BCUT2D eigenvalue weighted by Gasteiger charge is 2.12. The second kappa shape index (κ2) is 8.09. The molecule has 0 radical (unpaired) electrons. The molecule has 0 aliphatic rings. The van der Waals surface area contributed by atoms with Crippen molar-refractivity contribution >= 4 is 27.5 Å². The molecule has 5 nitrogen and oxygen atoms in total. The quantitative estimate of drug-likeness (QED) is 0.635. The van der Waals surface area contributed by atoms with Crippen LogP contribution < -0.4 is 9.54 Å². The van der Waals surface area contributed by atoms with Crippen LogP contribution in [0.1, 0.15) is 17.3 Å². The fourth-order valence-corrected chi connectivity index (χ4v) is 3.65. The first-order valence-electron chi connectivity index (χ1n) is 8.12. The molecule has 1 aromatic heterocycles. The minimum absolute atomic E-state index is 0.311. The maximum absolute atomic E-state index is 12.7. The molecule has 3 rings (SSSR count). The highest BCUT2D eigenvalue weighted by Crippen LogP contribution is 2.19. The van der Waals surface area contributed by atoms with Crippen LogP contribution in [0.5, 0.6) is 5.75 Å². The second-order valence-corrected chi connectivity index (χ2v) is 6.33. The van der Waals surface area contributed by atoms with Gasteiger partial charge in [0.15, 0.2) is 4.80 Å². The number of hydrogen-bond acceptors (Lipinski definition) is 4. The van der Waals surface area contributed by atoms with Gasteiger partial charge in [0.05, 0.1) is 29.5 Å². The van der Waals surface area contributed by atoms with Crippen molar-refractivity contribution < 1.29 is 14.3 Å². The molecule has 0 aliphatic heterocycles. The lowest BCUT2D eigenvalue weighted by atomic mass is 10.2. The van der Waals surface area contributed by atoms with Crippen molar-refractivity contribution in [2.24, 2.45) is 4.99 Å². The minimum atomic E-state index is -0.311. The fourth-order valence-electron chi connectivity index (χ4n) is 2.59. The highest BCUT2D eigenvalue weighted by molar-refractivity contribution is 7.16. The number of benzene rings is 2. The summed E-state index contributed by atoms with van der Waals surface area (Å²) in [5.41, 5.74) is 1.51. The third-order valence-corrected chi connectivity index (χ3v) is 4.85. The van der Waals surface area contributed by atoms with Crippen LogP contribution >= 0.6 is 11.3 Å². The summed E-state index contributed by atoms with van der Waals surface area (Å²) >= 11 is 1.50. The molecule has 6 heteroatoms. The molecule has 0 atom stereocenters. The van der Waals surface area contributed by atoms with Crippen LogP contribution in [0.15, 0.2) is 53.5 Å². The molecule has 3 aromatic rings. The summed E-state index contributed by atoms with van der Waals surface area (Å²) in [5.74, 6) is 0.215. The van der Waals surface area contributed by atoms with Gasteiger partial charge < -0.3 is 14.0 Å². The van der Waals surface area contributed by atoms with Crippen molar-refractivity contribution in [1.29, 1.82) is 0 Å². The van der Waals surface area contributed by atoms with Crippen LogP contribution in [-0.4, -0.2) is 30.8 Å². The van der Waals surface area contributed by atoms with Gasteiger partial charge in [0.25, 0.3) is 5.91 Å². The predicted octanol–water partition coefficient (Wildman–Crippen LogP) is 3.49. The fraction of sp³-hybridized carbons (Fsp3) is 0.263. The van der Waals surface area contributed by atoms with E-state index in [1.54, 1.807) is 25.3 Å². The van der Waals surface area contributed by atoms with E-state index in [2.05, 4.69) is 4.99 Å². The number of hydrogen-bond donors (Lipinski definition) is 0. The van der Waals surface area contributed by atoms with Gasteiger partial charge in [-0.05, 0) is 31.2 Å². The molecular weight excluding hydrogens is 336 g/mol. The van der Waals surface area contributed by atoms with E-state index in [0.717, 1.165) is 10.2 Å². The zero-order valence-corrected chi connectivity index (χ0v) is 15.1. The Bertz CT molecular complexity index is 943. The average molecular weight is 356 g/mol. The molecule has 0 saturated heterocycles. The smallest absolute Gasteiger partial charge is 0.283 e. The number of nitrogens with zero attached hydrogens (tertiary/aromatic N) is 2. The van der Waals surface area contributed by atoms with E-state index in [4.69, 9.17) is 9.47 Å². The van der Waals surface area contributed by atoms with Gasteiger partial charge in [-0.15, -0.1) is 0 Å². The lowest BCUT2D eigenvalue weighted by Crippen LogP contribution is -2.19. The van der Waals surface area contributed by atoms with E-state index < -0.39 is 0 Å². The Morgan fingerprint density at radius 3 is 2.72 bits per heavy atom. The van der Waals surface area contributed by atoms with Crippen LogP contribution in [0.25, 0.3) is 10.2 Å². The van der Waals surface area contributed by atoms with Crippen molar-refractivity contribution in [1.82, 2.24) is 4.57 Å². The number of para-hydroxylation sites is 2. The topological polar surface area (TPSA) is 52.8 Å². The summed E-state index contributed by atoms with van der Waals surface area (Å²) in [6, 6.07) is 15.2. The van der Waals surface area contributed by atoms with Gasteiger partial charge in [0.2, 0.25) is 0 Å². The Labute approximate surface area is 150 Å². The van der Waals surface area contributed by atoms with Gasteiger partial charge in [0, 0.05) is 13.2 Å². The predicted molar refractivity (Wildman–Crippen MR) is 99.2 cm³/mol. The monoisotopic (exact) mass is 356 g/mol. The summed E-state index contributed by atoms with van der Waals surface area (Å²) in [5, 5.41) is 0. The standard InChI is InChI=1S/C19H20N2O3S/c1-3-24-13-12-21-15-9-5-7-11-17(15)25-19(21)20-18(22)14-8-4-6-10-16(14)23-2/h4-11H,3,12-13H2,1-2H3. The molecule has 0 spiro atoms. The summed E-state index contributed by atoms with van der Waals surface area (Å²) in [6.07, 6.45) is 0. The van der Waals surface area contributed by atoms with Crippen molar-refractivity contribution in [3.05, 3.63) is 58.9 Å². The molecule has 2 aromatic carbocycles. The molecule has 0 fully saturated rings. The summed E-state index contributed by atoms with van der Waals surface area (Å²) in [4.78, 5) is 17.7. The van der Waals surface area contributed by atoms with Crippen LogP contribution in [0.4, 0.5) is 0 Å². The van der Waals surface area contributed by atoms with E-state index in [1.165, 1.54) is 11.3 Å². The molecule has 0 unspecified atom stereocenters. The molecule has 0 N–H and O–H groups in total. The van der Waals surface area contributed by atoms with E-state index in [9.17, 15) is 4.79 Å². The lowest BCUT2D eigenvalue weighted by molar-refractivity contribution is 0.0993. The molecule has 0 bridgehead atoms.